The fourth-order valence-corrected chi connectivity index (χ4v) is 4.29. The molecule has 0 atom stereocenters. The summed E-state index contributed by atoms with van der Waals surface area (Å²) in [5, 5.41) is 5.86. The molecular weight excluding hydrogens is 376 g/mol. The molecule has 2 aromatic carbocycles. The van der Waals surface area contributed by atoms with Crippen LogP contribution in [0.25, 0.3) is 0 Å². The van der Waals surface area contributed by atoms with Gasteiger partial charge in [-0.1, -0.05) is 17.7 Å². The molecule has 0 aliphatic carbocycles. The lowest BCUT2D eigenvalue weighted by Crippen LogP contribution is -2.43. The van der Waals surface area contributed by atoms with Crippen LogP contribution in [0.3, 0.4) is 0 Å². The van der Waals surface area contributed by atoms with Gasteiger partial charge >= 0.3 is 0 Å². The molecule has 0 saturated carbocycles. The van der Waals surface area contributed by atoms with Gasteiger partial charge in [0.1, 0.15) is 4.90 Å². The van der Waals surface area contributed by atoms with Gasteiger partial charge in [-0.3, -0.25) is 4.79 Å². The molecule has 2 rings (SSSR count). The van der Waals surface area contributed by atoms with Crippen LogP contribution < -0.4 is 15.4 Å². The summed E-state index contributed by atoms with van der Waals surface area (Å²) in [6.45, 7) is 9.38. The van der Waals surface area contributed by atoms with Crippen molar-refractivity contribution < 1.29 is 17.9 Å². The number of benzene rings is 2. The molecule has 0 fully saturated rings. The van der Waals surface area contributed by atoms with Gasteiger partial charge in [0.2, 0.25) is 15.7 Å². The number of methoxy groups -OCH3 is 1. The average molecular weight is 405 g/mol. The smallest absolute Gasteiger partial charge is 0.239 e. The van der Waals surface area contributed by atoms with Crippen molar-refractivity contribution >= 4 is 21.4 Å². The maximum atomic E-state index is 13.2. The third-order valence-corrected chi connectivity index (χ3v) is 5.75. The van der Waals surface area contributed by atoms with Crippen molar-refractivity contribution in [2.24, 2.45) is 0 Å². The first-order valence-electron chi connectivity index (χ1n) is 8.99. The number of rotatable bonds is 6. The van der Waals surface area contributed by atoms with Crippen molar-refractivity contribution in [3.63, 3.8) is 0 Å². The van der Waals surface area contributed by atoms with Gasteiger partial charge in [0.05, 0.1) is 24.2 Å². The molecule has 152 valence electrons. The Hall–Kier alpha value is -2.54. The minimum atomic E-state index is -3.78. The van der Waals surface area contributed by atoms with Crippen LogP contribution in [-0.2, 0) is 14.6 Å². The number of anilines is 1. The number of carbonyl (C=O) groups excluding carboxylic acids is 1. The van der Waals surface area contributed by atoms with Crippen LogP contribution in [0.2, 0.25) is 0 Å². The van der Waals surface area contributed by atoms with Crippen molar-refractivity contribution in [2.45, 2.75) is 49.9 Å². The van der Waals surface area contributed by atoms with E-state index >= 15 is 0 Å². The van der Waals surface area contributed by atoms with Gasteiger partial charge < -0.3 is 15.4 Å². The summed E-state index contributed by atoms with van der Waals surface area (Å²) >= 11 is 0. The zero-order valence-electron chi connectivity index (χ0n) is 17.2. The Morgan fingerprint density at radius 1 is 1.04 bits per heavy atom. The molecule has 7 heteroatoms. The molecule has 0 bridgehead atoms. The van der Waals surface area contributed by atoms with E-state index in [1.54, 1.807) is 43.3 Å². The molecule has 0 aromatic heterocycles. The number of aryl methyl sites for hydroxylation is 2. The van der Waals surface area contributed by atoms with Crippen molar-refractivity contribution in [1.29, 1.82) is 0 Å². The van der Waals surface area contributed by atoms with Gasteiger partial charge in [-0.2, -0.15) is 0 Å². The Bertz CT molecular complexity index is 959. The fourth-order valence-electron chi connectivity index (χ4n) is 2.76. The second-order valence-corrected chi connectivity index (χ2v) is 9.73. The van der Waals surface area contributed by atoms with Gasteiger partial charge in [-0.05, 0) is 64.4 Å². The number of carbonyl (C=O) groups is 1. The molecule has 2 aromatic rings. The Kier molecular flexibility index (Phi) is 6.39. The van der Waals surface area contributed by atoms with E-state index in [9.17, 15) is 13.2 Å². The monoisotopic (exact) mass is 404 g/mol. The van der Waals surface area contributed by atoms with E-state index in [4.69, 9.17) is 4.74 Å². The van der Waals surface area contributed by atoms with E-state index in [2.05, 4.69) is 10.6 Å². The summed E-state index contributed by atoms with van der Waals surface area (Å²) in [7, 11) is -2.36. The van der Waals surface area contributed by atoms with E-state index in [0.717, 1.165) is 11.1 Å². The molecule has 0 aliphatic rings. The Balaban J connectivity index is 2.41. The highest BCUT2D eigenvalue weighted by Crippen LogP contribution is 2.36. The van der Waals surface area contributed by atoms with Gasteiger partial charge in [-0.15, -0.1) is 0 Å². The summed E-state index contributed by atoms with van der Waals surface area (Å²) in [6, 6.07) is 10.0. The Labute approximate surface area is 167 Å². The van der Waals surface area contributed by atoms with E-state index < -0.39 is 9.84 Å². The quantitative estimate of drug-likeness (QED) is 0.770. The van der Waals surface area contributed by atoms with Crippen molar-refractivity contribution in [2.75, 3.05) is 19.0 Å². The maximum absolute atomic E-state index is 13.2. The highest BCUT2D eigenvalue weighted by atomic mass is 32.2. The number of nitrogens with one attached hydrogen (secondary N) is 2. The number of ether oxygens (including phenoxy) is 1. The second-order valence-electron chi connectivity index (χ2n) is 7.81. The third kappa shape index (κ3) is 5.25. The summed E-state index contributed by atoms with van der Waals surface area (Å²) in [5.74, 6) is -0.00580. The minimum Gasteiger partial charge on any atom is -0.493 e. The summed E-state index contributed by atoms with van der Waals surface area (Å²) in [4.78, 5) is 12.4. The van der Waals surface area contributed by atoms with Crippen LogP contribution in [0, 0.1) is 13.8 Å². The van der Waals surface area contributed by atoms with Gasteiger partial charge in [0, 0.05) is 5.54 Å². The van der Waals surface area contributed by atoms with Crippen molar-refractivity contribution in [3.8, 4) is 5.75 Å². The van der Waals surface area contributed by atoms with Crippen LogP contribution >= 0.6 is 0 Å². The summed E-state index contributed by atoms with van der Waals surface area (Å²) < 4.78 is 31.8. The van der Waals surface area contributed by atoms with Gasteiger partial charge in [-0.25, -0.2) is 8.42 Å². The van der Waals surface area contributed by atoms with E-state index in [-0.39, 0.29) is 33.5 Å². The summed E-state index contributed by atoms with van der Waals surface area (Å²) in [6.07, 6.45) is 0. The van der Waals surface area contributed by atoms with E-state index in [1.807, 2.05) is 27.7 Å². The lowest BCUT2D eigenvalue weighted by atomic mass is 10.1. The zero-order valence-corrected chi connectivity index (χ0v) is 18.0. The molecule has 0 spiro atoms. The zero-order chi connectivity index (χ0) is 21.1. The van der Waals surface area contributed by atoms with Crippen LogP contribution in [0.4, 0.5) is 5.69 Å². The molecule has 1 amide bonds. The first kappa shape index (κ1) is 21.8. The summed E-state index contributed by atoms with van der Waals surface area (Å²) in [5.41, 5.74) is 1.82. The topological polar surface area (TPSA) is 84.5 Å². The maximum Gasteiger partial charge on any atom is 0.239 e. The molecule has 2 N–H and O–H groups in total. The van der Waals surface area contributed by atoms with Crippen LogP contribution in [0.1, 0.15) is 31.9 Å². The highest BCUT2D eigenvalue weighted by molar-refractivity contribution is 7.91. The Morgan fingerprint density at radius 3 is 2.18 bits per heavy atom. The Morgan fingerprint density at radius 2 is 1.64 bits per heavy atom. The second kappa shape index (κ2) is 8.22. The van der Waals surface area contributed by atoms with Crippen LogP contribution in [-0.4, -0.2) is 33.5 Å². The molecular formula is C21H28N2O4S. The fraction of sp³-hybridized carbons (Fsp3) is 0.381. The normalized spacial score (nSPS) is 11.8. The SMILES string of the molecule is COc1c(NCC(=O)NC(C)(C)C)cc(C)cc1S(=O)(=O)c1ccc(C)cc1. The largest absolute Gasteiger partial charge is 0.493 e. The lowest BCUT2D eigenvalue weighted by molar-refractivity contribution is -0.120. The predicted molar refractivity (Wildman–Crippen MR) is 111 cm³/mol. The molecule has 0 unspecified atom stereocenters. The third-order valence-electron chi connectivity index (χ3n) is 3.98. The molecule has 0 heterocycles. The molecule has 0 radical (unpaired) electrons. The van der Waals surface area contributed by atoms with Crippen molar-refractivity contribution in [3.05, 3.63) is 47.5 Å². The number of hydrogen-bond donors (Lipinski definition) is 2. The van der Waals surface area contributed by atoms with Gasteiger partial charge in [0.25, 0.3) is 0 Å². The number of sulfone groups is 1. The minimum absolute atomic E-state index is 0.00109. The standard InChI is InChI=1S/C21H28N2O4S/c1-14-7-9-16(10-8-14)28(25,26)18-12-15(2)11-17(20(18)27-6)22-13-19(24)23-21(3,4)5/h7-12,22H,13H2,1-6H3,(H,23,24). The van der Waals surface area contributed by atoms with Crippen molar-refractivity contribution in [1.82, 2.24) is 5.32 Å². The number of amides is 1. The van der Waals surface area contributed by atoms with E-state index in [1.165, 1.54) is 7.11 Å². The first-order chi connectivity index (χ1) is 12.9. The molecule has 0 saturated heterocycles. The van der Waals surface area contributed by atoms with Crippen LogP contribution in [0.15, 0.2) is 46.2 Å². The molecule has 0 aliphatic heterocycles. The molecule has 6 nitrogen and oxygen atoms in total. The highest BCUT2D eigenvalue weighted by Gasteiger charge is 2.25. The predicted octanol–water partition coefficient (Wildman–Crippen LogP) is 3.47. The van der Waals surface area contributed by atoms with Gasteiger partial charge in [0.15, 0.2) is 5.75 Å². The average Bonchev–Trinajstić information content (AvgIpc) is 2.58. The number of hydrogen-bond acceptors (Lipinski definition) is 5. The first-order valence-corrected chi connectivity index (χ1v) is 10.5. The molecule has 28 heavy (non-hydrogen) atoms. The van der Waals surface area contributed by atoms with Crippen LogP contribution in [0.5, 0.6) is 5.75 Å². The lowest BCUT2D eigenvalue weighted by Gasteiger charge is -2.21. The van der Waals surface area contributed by atoms with E-state index in [0.29, 0.717) is 5.69 Å².